The van der Waals surface area contributed by atoms with Crippen LogP contribution in [0, 0.1) is 0 Å². The molecule has 0 saturated heterocycles. The summed E-state index contributed by atoms with van der Waals surface area (Å²) in [5, 5.41) is 9.94. The largest absolute Gasteiger partial charge is 0.457 e. The minimum absolute atomic E-state index is 0.209. The number of hydrogen-bond donors (Lipinski definition) is 1. The van der Waals surface area contributed by atoms with Crippen molar-refractivity contribution in [3.8, 4) is 23.0 Å². The number of ether oxygens (including phenoxy) is 4. The van der Waals surface area contributed by atoms with Gasteiger partial charge in [-0.05, 0) is 71.3 Å². The molecule has 38 heavy (non-hydrogen) atoms. The number of cyclic esters (lactones) is 2. The number of fused-ring (bicyclic) bond motifs is 2. The Labute approximate surface area is 219 Å². The Bertz CT molecular complexity index is 1550. The van der Waals surface area contributed by atoms with Gasteiger partial charge in [0.2, 0.25) is 0 Å². The maximum atomic E-state index is 11.8. The van der Waals surface area contributed by atoms with E-state index in [4.69, 9.17) is 14.2 Å². The zero-order valence-corrected chi connectivity index (χ0v) is 20.8. The third-order valence-corrected chi connectivity index (χ3v) is 7.02. The van der Waals surface area contributed by atoms with Crippen LogP contribution in [0.5, 0.6) is 23.0 Å². The Balaban J connectivity index is 1.15. The number of hydrogen-bond acceptors (Lipinski definition) is 7. The Kier molecular flexibility index (Phi) is 5.75. The van der Waals surface area contributed by atoms with Crippen LogP contribution in [0.25, 0.3) is 0 Å². The zero-order valence-electron chi connectivity index (χ0n) is 20.8. The van der Waals surface area contributed by atoms with Gasteiger partial charge in [0.15, 0.2) is 6.29 Å². The van der Waals surface area contributed by atoms with Crippen LogP contribution in [0.1, 0.15) is 63.1 Å². The molecule has 0 saturated carbocycles. The summed E-state index contributed by atoms with van der Waals surface area (Å²) in [6, 6.07) is 26.0. The van der Waals surface area contributed by atoms with Crippen LogP contribution in [-0.2, 0) is 21.5 Å². The van der Waals surface area contributed by atoms with Crippen molar-refractivity contribution in [2.24, 2.45) is 0 Å². The first-order valence-electron chi connectivity index (χ1n) is 12.2. The van der Waals surface area contributed by atoms with Crippen LogP contribution in [-0.4, -0.2) is 17.0 Å². The van der Waals surface area contributed by atoms with Crippen molar-refractivity contribution < 1.29 is 33.6 Å². The van der Waals surface area contributed by atoms with Gasteiger partial charge in [0.1, 0.15) is 23.0 Å². The molecule has 6 rings (SSSR count). The van der Waals surface area contributed by atoms with E-state index in [-0.39, 0.29) is 16.5 Å². The van der Waals surface area contributed by atoms with Gasteiger partial charge in [0.05, 0.1) is 17.7 Å². The summed E-state index contributed by atoms with van der Waals surface area (Å²) in [4.78, 5) is 23.5. The molecule has 2 heterocycles. The molecule has 2 aliphatic heterocycles. The molecule has 1 unspecified atom stereocenters. The summed E-state index contributed by atoms with van der Waals surface area (Å²) in [5.41, 5.74) is 4.07. The second-order valence-corrected chi connectivity index (χ2v) is 9.79. The molecule has 7 heteroatoms. The molecule has 0 aliphatic carbocycles. The lowest BCUT2D eigenvalue weighted by atomic mass is 9.78. The summed E-state index contributed by atoms with van der Waals surface area (Å²) in [6.45, 7) is 4.69. The number of carbonyl (C=O) groups excluding carboxylic acids is 2. The Morgan fingerprint density at radius 3 is 1.87 bits per heavy atom. The fourth-order valence-electron chi connectivity index (χ4n) is 4.70. The van der Waals surface area contributed by atoms with Crippen molar-refractivity contribution in [1.29, 1.82) is 0 Å². The first kappa shape index (κ1) is 23.9. The molecule has 0 fully saturated rings. The van der Waals surface area contributed by atoms with E-state index >= 15 is 0 Å². The lowest BCUT2D eigenvalue weighted by Crippen LogP contribution is -2.18. The third kappa shape index (κ3) is 4.32. The SMILES string of the molecule is CC(C)(c1ccc(Oc2ccc3c(c2)C(=O)OC3=O)cc1)c1ccc(Oc2ccc3c(c2)C(O)OC3)cc1. The van der Waals surface area contributed by atoms with E-state index in [2.05, 4.69) is 18.6 Å². The van der Waals surface area contributed by atoms with Gasteiger partial charge in [-0.2, -0.15) is 0 Å². The molecule has 1 atom stereocenters. The van der Waals surface area contributed by atoms with Crippen molar-refractivity contribution >= 4 is 11.9 Å². The van der Waals surface area contributed by atoms with Crippen molar-refractivity contribution in [2.75, 3.05) is 0 Å². The average molecular weight is 509 g/mol. The zero-order chi connectivity index (χ0) is 26.4. The number of aliphatic hydroxyl groups is 1. The number of aliphatic hydroxyl groups excluding tert-OH is 1. The second-order valence-electron chi connectivity index (χ2n) is 9.79. The van der Waals surface area contributed by atoms with Crippen molar-refractivity contribution in [3.63, 3.8) is 0 Å². The molecule has 190 valence electrons. The highest BCUT2D eigenvalue weighted by atomic mass is 16.6. The lowest BCUT2D eigenvalue weighted by molar-refractivity contribution is -0.0919. The van der Waals surface area contributed by atoms with Gasteiger partial charge in [-0.3, -0.25) is 0 Å². The molecule has 0 aromatic heterocycles. The number of rotatable bonds is 6. The van der Waals surface area contributed by atoms with Gasteiger partial charge in [-0.15, -0.1) is 0 Å². The number of carbonyl (C=O) groups is 2. The van der Waals surface area contributed by atoms with Crippen LogP contribution in [0.15, 0.2) is 84.9 Å². The lowest BCUT2D eigenvalue weighted by Gasteiger charge is -2.26. The predicted octanol–water partition coefficient (Wildman–Crippen LogP) is 6.43. The predicted molar refractivity (Wildman–Crippen MR) is 138 cm³/mol. The molecule has 0 radical (unpaired) electrons. The molecule has 1 N–H and O–H groups in total. The fourth-order valence-corrected chi connectivity index (χ4v) is 4.70. The molecular weight excluding hydrogens is 484 g/mol. The summed E-state index contributed by atoms with van der Waals surface area (Å²) in [5.74, 6) is 1.09. The first-order chi connectivity index (χ1) is 18.3. The van der Waals surface area contributed by atoms with E-state index in [0.717, 1.165) is 22.3 Å². The average Bonchev–Trinajstić information content (AvgIpc) is 3.42. The van der Waals surface area contributed by atoms with Crippen LogP contribution in [0.3, 0.4) is 0 Å². The first-order valence-corrected chi connectivity index (χ1v) is 12.2. The van der Waals surface area contributed by atoms with Gasteiger partial charge in [-0.1, -0.05) is 44.2 Å². The summed E-state index contributed by atoms with van der Waals surface area (Å²) >= 11 is 0. The van der Waals surface area contributed by atoms with Crippen molar-refractivity contribution in [3.05, 3.63) is 118 Å². The van der Waals surface area contributed by atoms with Crippen LogP contribution in [0.4, 0.5) is 0 Å². The van der Waals surface area contributed by atoms with Gasteiger partial charge < -0.3 is 24.1 Å². The van der Waals surface area contributed by atoms with Gasteiger partial charge in [0.25, 0.3) is 0 Å². The van der Waals surface area contributed by atoms with Gasteiger partial charge >= 0.3 is 11.9 Å². The smallest absolute Gasteiger partial charge is 0.347 e. The highest BCUT2D eigenvalue weighted by molar-refractivity contribution is 6.14. The topological polar surface area (TPSA) is 91.3 Å². The molecular formula is C31H24O7. The van der Waals surface area contributed by atoms with Gasteiger partial charge in [0, 0.05) is 11.0 Å². The number of benzene rings is 4. The highest BCUT2D eigenvalue weighted by Gasteiger charge is 2.30. The van der Waals surface area contributed by atoms with E-state index in [1.54, 1.807) is 6.07 Å². The quantitative estimate of drug-likeness (QED) is 0.237. The summed E-state index contributed by atoms with van der Waals surface area (Å²) < 4.78 is 21.8. The Hall–Kier alpha value is -4.46. The standard InChI is InChI=1S/C31H24O7/c1-31(2,19-4-9-21(10-5-19)36-23-8-3-18-17-35-28(32)26(18)15-23)20-6-11-22(12-7-20)37-24-13-14-25-27(16-24)30(34)38-29(25)33/h3-16,28,32H,17H2,1-2H3. The van der Waals surface area contributed by atoms with E-state index in [9.17, 15) is 14.7 Å². The van der Waals surface area contributed by atoms with Crippen LogP contribution in [0.2, 0.25) is 0 Å². The molecule has 4 aromatic carbocycles. The van der Waals surface area contributed by atoms with Crippen LogP contribution >= 0.6 is 0 Å². The summed E-state index contributed by atoms with van der Waals surface area (Å²) in [6.07, 6.45) is -0.911. The maximum absolute atomic E-state index is 11.8. The normalized spacial score (nSPS) is 16.1. The molecule has 0 spiro atoms. The second kappa shape index (κ2) is 9.13. The minimum Gasteiger partial charge on any atom is -0.457 e. The van der Waals surface area contributed by atoms with Crippen LogP contribution < -0.4 is 9.47 Å². The molecule has 0 bridgehead atoms. The fraction of sp³-hybridized carbons (Fsp3) is 0.161. The van der Waals surface area contributed by atoms with Crippen molar-refractivity contribution in [1.82, 2.24) is 0 Å². The highest BCUT2D eigenvalue weighted by Crippen LogP contribution is 2.36. The van der Waals surface area contributed by atoms with E-state index < -0.39 is 18.2 Å². The molecule has 0 amide bonds. The summed E-state index contributed by atoms with van der Waals surface area (Å²) in [7, 11) is 0. The van der Waals surface area contributed by atoms with E-state index in [1.165, 1.54) is 12.1 Å². The van der Waals surface area contributed by atoms with E-state index in [1.807, 2.05) is 66.7 Å². The van der Waals surface area contributed by atoms with E-state index in [0.29, 0.717) is 29.6 Å². The third-order valence-electron chi connectivity index (χ3n) is 7.02. The van der Waals surface area contributed by atoms with Crippen molar-refractivity contribution in [2.45, 2.75) is 32.2 Å². The number of esters is 2. The molecule has 7 nitrogen and oxygen atoms in total. The maximum Gasteiger partial charge on any atom is 0.347 e. The van der Waals surface area contributed by atoms with Gasteiger partial charge in [-0.25, -0.2) is 9.59 Å². The Morgan fingerprint density at radius 1 is 0.711 bits per heavy atom. The Morgan fingerprint density at radius 2 is 1.24 bits per heavy atom. The molecule has 2 aliphatic rings. The monoisotopic (exact) mass is 508 g/mol. The minimum atomic E-state index is -0.911. The molecule has 4 aromatic rings.